The Morgan fingerprint density at radius 2 is 1.93 bits per heavy atom. The molecule has 0 bridgehead atoms. The fraction of sp³-hybridized carbons (Fsp3) is 0.316. The minimum atomic E-state index is -0.0693. The summed E-state index contributed by atoms with van der Waals surface area (Å²) in [7, 11) is 0. The number of hydrogen-bond acceptors (Lipinski definition) is 3. The van der Waals surface area contributed by atoms with Gasteiger partial charge in [0, 0.05) is 34.9 Å². The number of aryl methyl sites for hydroxylation is 3. The summed E-state index contributed by atoms with van der Waals surface area (Å²) < 4.78 is 3.64. The lowest BCUT2D eigenvalue weighted by Gasteiger charge is -2.09. The number of halogens is 2. The van der Waals surface area contributed by atoms with Gasteiger partial charge in [0.2, 0.25) is 5.91 Å². The summed E-state index contributed by atoms with van der Waals surface area (Å²) in [5.41, 5.74) is 4.33. The summed E-state index contributed by atoms with van der Waals surface area (Å²) in [4.78, 5) is 12.4. The molecular weight excluding hydrogens is 385 g/mol. The van der Waals surface area contributed by atoms with Gasteiger partial charge in [-0.2, -0.15) is 10.2 Å². The van der Waals surface area contributed by atoms with Gasteiger partial charge in [0.1, 0.15) is 0 Å². The van der Waals surface area contributed by atoms with Crippen LogP contribution in [-0.4, -0.2) is 25.5 Å². The van der Waals surface area contributed by atoms with Crippen molar-refractivity contribution in [1.82, 2.24) is 19.6 Å². The van der Waals surface area contributed by atoms with E-state index >= 15 is 0 Å². The van der Waals surface area contributed by atoms with Gasteiger partial charge in [-0.1, -0.05) is 29.3 Å². The molecular formula is C19H21Cl2N5O. The van der Waals surface area contributed by atoms with Crippen molar-refractivity contribution >= 4 is 34.8 Å². The van der Waals surface area contributed by atoms with E-state index in [9.17, 15) is 4.79 Å². The highest BCUT2D eigenvalue weighted by Gasteiger charge is 2.15. The Kier molecular flexibility index (Phi) is 5.87. The maximum absolute atomic E-state index is 12.4. The molecule has 3 rings (SSSR count). The average molecular weight is 406 g/mol. The summed E-state index contributed by atoms with van der Waals surface area (Å²) in [6.45, 7) is 6.81. The van der Waals surface area contributed by atoms with Gasteiger partial charge in [-0.05, 0) is 44.5 Å². The second-order valence-corrected chi connectivity index (χ2v) is 7.28. The van der Waals surface area contributed by atoms with Crippen molar-refractivity contribution < 1.29 is 4.79 Å². The number of nitrogens with zero attached hydrogens (tertiary/aromatic N) is 4. The molecule has 0 saturated heterocycles. The van der Waals surface area contributed by atoms with Crippen LogP contribution in [0.1, 0.15) is 29.1 Å². The van der Waals surface area contributed by atoms with Crippen molar-refractivity contribution in [2.75, 3.05) is 5.32 Å². The van der Waals surface area contributed by atoms with Gasteiger partial charge >= 0.3 is 0 Å². The first-order valence-corrected chi connectivity index (χ1v) is 9.37. The number of rotatable bonds is 6. The number of nitrogens with one attached hydrogen (secondary N) is 1. The third-order valence-electron chi connectivity index (χ3n) is 4.46. The first kappa shape index (κ1) is 19.5. The highest BCUT2D eigenvalue weighted by Crippen LogP contribution is 2.25. The molecule has 0 fully saturated rings. The summed E-state index contributed by atoms with van der Waals surface area (Å²) in [5, 5.41) is 12.9. The number of anilines is 1. The number of amides is 1. The number of hydrogen-bond donors (Lipinski definition) is 1. The molecule has 0 saturated carbocycles. The molecule has 27 heavy (non-hydrogen) atoms. The molecule has 0 aliphatic heterocycles. The predicted molar refractivity (Wildman–Crippen MR) is 107 cm³/mol. The molecule has 142 valence electrons. The van der Waals surface area contributed by atoms with Crippen LogP contribution in [-0.2, 0) is 17.9 Å². The Bertz CT molecular complexity index is 977. The first-order chi connectivity index (χ1) is 12.8. The minimum absolute atomic E-state index is 0.0693. The molecule has 0 aliphatic rings. The second-order valence-electron chi connectivity index (χ2n) is 6.43. The summed E-state index contributed by atoms with van der Waals surface area (Å²) in [5.74, 6) is -0.0693. The van der Waals surface area contributed by atoms with Crippen LogP contribution in [0.5, 0.6) is 0 Å². The normalized spacial score (nSPS) is 11.0. The number of carbonyl (C=O) groups excluding carboxylic acids is 1. The lowest BCUT2D eigenvalue weighted by atomic mass is 10.2. The molecule has 1 amide bonds. The Labute approximate surface area is 168 Å². The molecule has 8 heteroatoms. The molecule has 2 heterocycles. The van der Waals surface area contributed by atoms with Gasteiger partial charge in [0.15, 0.2) is 0 Å². The van der Waals surface area contributed by atoms with Gasteiger partial charge in [-0.25, -0.2) is 0 Å². The molecule has 1 aromatic carbocycles. The van der Waals surface area contributed by atoms with E-state index in [0.717, 1.165) is 28.3 Å². The zero-order valence-corrected chi connectivity index (χ0v) is 17.0. The van der Waals surface area contributed by atoms with E-state index in [1.54, 1.807) is 18.3 Å². The molecule has 1 N–H and O–H groups in total. The van der Waals surface area contributed by atoms with Crippen LogP contribution >= 0.6 is 23.2 Å². The minimum Gasteiger partial charge on any atom is -0.323 e. The summed E-state index contributed by atoms with van der Waals surface area (Å²) >= 11 is 12.2. The standard InChI is InChI=1S/C19H21Cl2N5O/c1-12-6-8-22-25(12)9-7-18(27)23-19-13(2)24-26(14(19)3)11-15-4-5-16(20)10-17(15)21/h4-6,8,10H,7,9,11H2,1-3H3,(H,23,27). The molecule has 0 spiro atoms. The molecule has 6 nitrogen and oxygen atoms in total. The highest BCUT2D eigenvalue weighted by atomic mass is 35.5. The Hall–Kier alpha value is -2.31. The van der Waals surface area contributed by atoms with Crippen molar-refractivity contribution in [2.24, 2.45) is 0 Å². The largest absolute Gasteiger partial charge is 0.323 e. The quantitative estimate of drug-likeness (QED) is 0.661. The SMILES string of the molecule is Cc1nn(Cc2ccc(Cl)cc2Cl)c(C)c1NC(=O)CCn1nccc1C. The zero-order chi connectivity index (χ0) is 19.6. The van der Waals surface area contributed by atoms with Gasteiger partial charge in [0.05, 0.1) is 23.6 Å². The topological polar surface area (TPSA) is 64.7 Å². The highest BCUT2D eigenvalue weighted by molar-refractivity contribution is 6.35. The van der Waals surface area contributed by atoms with Crippen molar-refractivity contribution in [3.05, 3.63) is 63.2 Å². The number of benzene rings is 1. The Balaban J connectivity index is 1.69. The third-order valence-corrected chi connectivity index (χ3v) is 5.05. The van der Waals surface area contributed by atoms with Crippen LogP contribution in [0.3, 0.4) is 0 Å². The van der Waals surface area contributed by atoms with Crippen LogP contribution in [0.25, 0.3) is 0 Å². The maximum Gasteiger partial charge on any atom is 0.226 e. The van der Waals surface area contributed by atoms with Crippen LogP contribution < -0.4 is 5.32 Å². The van der Waals surface area contributed by atoms with E-state index in [-0.39, 0.29) is 5.91 Å². The van der Waals surface area contributed by atoms with Crippen molar-refractivity contribution in [3.8, 4) is 0 Å². The summed E-state index contributed by atoms with van der Waals surface area (Å²) in [6, 6.07) is 7.31. The zero-order valence-electron chi connectivity index (χ0n) is 15.5. The lowest BCUT2D eigenvalue weighted by molar-refractivity contribution is -0.116. The fourth-order valence-corrected chi connectivity index (χ4v) is 3.35. The van der Waals surface area contributed by atoms with E-state index in [1.807, 2.05) is 42.3 Å². The Morgan fingerprint density at radius 3 is 2.59 bits per heavy atom. The predicted octanol–water partition coefficient (Wildman–Crippen LogP) is 4.39. The average Bonchev–Trinajstić information content (AvgIpc) is 3.13. The van der Waals surface area contributed by atoms with E-state index in [4.69, 9.17) is 23.2 Å². The van der Waals surface area contributed by atoms with E-state index in [2.05, 4.69) is 15.5 Å². The van der Waals surface area contributed by atoms with Crippen LogP contribution in [0.15, 0.2) is 30.5 Å². The van der Waals surface area contributed by atoms with Crippen molar-refractivity contribution in [2.45, 2.75) is 40.3 Å². The maximum atomic E-state index is 12.4. The van der Waals surface area contributed by atoms with Crippen molar-refractivity contribution in [1.29, 1.82) is 0 Å². The van der Waals surface area contributed by atoms with Crippen LogP contribution in [0, 0.1) is 20.8 Å². The molecule has 0 radical (unpaired) electrons. The van der Waals surface area contributed by atoms with Crippen LogP contribution in [0.4, 0.5) is 5.69 Å². The fourth-order valence-electron chi connectivity index (χ4n) is 2.89. The summed E-state index contributed by atoms with van der Waals surface area (Å²) in [6.07, 6.45) is 2.07. The van der Waals surface area contributed by atoms with E-state index < -0.39 is 0 Å². The Morgan fingerprint density at radius 1 is 1.15 bits per heavy atom. The molecule has 0 atom stereocenters. The lowest BCUT2D eigenvalue weighted by Crippen LogP contribution is -2.16. The van der Waals surface area contributed by atoms with Crippen molar-refractivity contribution in [3.63, 3.8) is 0 Å². The third kappa shape index (κ3) is 4.51. The van der Waals surface area contributed by atoms with Gasteiger partial charge in [0.25, 0.3) is 0 Å². The van der Waals surface area contributed by atoms with E-state index in [1.165, 1.54) is 0 Å². The smallest absolute Gasteiger partial charge is 0.226 e. The molecule has 2 aromatic heterocycles. The van der Waals surface area contributed by atoms with Gasteiger partial charge in [-0.15, -0.1) is 0 Å². The van der Waals surface area contributed by atoms with E-state index in [0.29, 0.717) is 29.6 Å². The van der Waals surface area contributed by atoms with Crippen LogP contribution in [0.2, 0.25) is 10.0 Å². The second kappa shape index (κ2) is 8.15. The molecule has 0 unspecified atom stereocenters. The van der Waals surface area contributed by atoms with Gasteiger partial charge in [-0.3, -0.25) is 14.2 Å². The van der Waals surface area contributed by atoms with Gasteiger partial charge < -0.3 is 5.32 Å². The molecule has 3 aromatic rings. The monoisotopic (exact) mass is 405 g/mol. The number of carbonyl (C=O) groups is 1. The first-order valence-electron chi connectivity index (χ1n) is 8.61. The molecule has 0 aliphatic carbocycles. The number of aromatic nitrogens is 4.